The van der Waals surface area contributed by atoms with Crippen LogP contribution >= 0.6 is 0 Å². The summed E-state index contributed by atoms with van der Waals surface area (Å²) in [6.07, 6.45) is 3.42. The number of carbonyl (C=O) groups excluding carboxylic acids is 3. The highest BCUT2D eigenvalue weighted by Gasteiger charge is 2.40. The third-order valence-corrected chi connectivity index (χ3v) is 6.73. The minimum Gasteiger partial charge on any atom is -0.445 e. The molecule has 1 aliphatic heterocycles. The van der Waals surface area contributed by atoms with Crippen LogP contribution in [0.15, 0.2) is 54.1 Å². The summed E-state index contributed by atoms with van der Waals surface area (Å²) < 4.78 is 5.43. The highest BCUT2D eigenvalue weighted by Crippen LogP contribution is 2.37. The van der Waals surface area contributed by atoms with Gasteiger partial charge in [-0.2, -0.15) is 0 Å². The third kappa shape index (κ3) is 5.08. The quantitative estimate of drug-likeness (QED) is 0.479. The molecule has 172 valence electrons. The Morgan fingerprint density at radius 2 is 1.67 bits per heavy atom. The number of piperidine rings is 1. The zero-order valence-electron chi connectivity index (χ0n) is 19.6. The Labute approximate surface area is 195 Å². The molecule has 5 heteroatoms. The van der Waals surface area contributed by atoms with Crippen LogP contribution in [0.2, 0.25) is 0 Å². The maximum atomic E-state index is 13.2. The van der Waals surface area contributed by atoms with E-state index in [9.17, 15) is 14.4 Å². The van der Waals surface area contributed by atoms with Gasteiger partial charge in [-0.1, -0.05) is 54.1 Å². The average molecular weight is 446 g/mol. The third-order valence-electron chi connectivity index (χ3n) is 6.73. The van der Waals surface area contributed by atoms with Crippen LogP contribution in [0.4, 0.5) is 4.79 Å². The van der Waals surface area contributed by atoms with Crippen molar-refractivity contribution < 1.29 is 19.1 Å². The molecule has 1 amide bonds. The minimum absolute atomic E-state index is 0.0109. The standard InChI is InChI=1S/C28H31NO4/c1-18-13-19(2)25(20(3)14-18)26-24(30)16-23(27(26)31)15-21-9-11-29(12-10-21)28(32)33-17-22-7-5-4-6-8-22/h4-8,13-15,21,26H,9-12,16-17H2,1-3H3/b23-15+. The number of ether oxygens (including phenoxy) is 1. The number of Topliss-reactive ketones (excluding diaryl/α,β-unsaturated/α-hetero) is 2. The highest BCUT2D eigenvalue weighted by atomic mass is 16.6. The first kappa shape index (κ1) is 23.0. The van der Waals surface area contributed by atoms with Gasteiger partial charge in [0.25, 0.3) is 0 Å². The van der Waals surface area contributed by atoms with Crippen molar-refractivity contribution in [3.05, 3.63) is 81.9 Å². The maximum absolute atomic E-state index is 13.2. The predicted molar refractivity (Wildman–Crippen MR) is 127 cm³/mol. The molecule has 5 nitrogen and oxygen atoms in total. The Kier molecular flexibility index (Phi) is 6.77. The van der Waals surface area contributed by atoms with Gasteiger partial charge in [-0.15, -0.1) is 0 Å². The number of carbonyl (C=O) groups is 3. The van der Waals surface area contributed by atoms with E-state index < -0.39 is 5.92 Å². The zero-order valence-corrected chi connectivity index (χ0v) is 19.6. The van der Waals surface area contributed by atoms with Crippen molar-refractivity contribution in [1.82, 2.24) is 4.90 Å². The number of ketones is 2. The molecule has 0 spiro atoms. The fourth-order valence-corrected chi connectivity index (χ4v) is 5.13. The lowest BCUT2D eigenvalue weighted by molar-refractivity contribution is -0.123. The van der Waals surface area contributed by atoms with Crippen molar-refractivity contribution in [2.45, 2.75) is 52.6 Å². The van der Waals surface area contributed by atoms with E-state index in [0.29, 0.717) is 18.7 Å². The second kappa shape index (κ2) is 9.74. The summed E-state index contributed by atoms with van der Waals surface area (Å²) in [6.45, 7) is 7.42. The van der Waals surface area contributed by atoms with Crippen LogP contribution in [-0.2, 0) is 20.9 Å². The van der Waals surface area contributed by atoms with Gasteiger partial charge in [0.05, 0.1) is 0 Å². The van der Waals surface area contributed by atoms with Crippen LogP contribution < -0.4 is 0 Å². The number of benzene rings is 2. The van der Waals surface area contributed by atoms with Crippen molar-refractivity contribution in [3.63, 3.8) is 0 Å². The van der Waals surface area contributed by atoms with E-state index in [1.54, 1.807) is 4.90 Å². The van der Waals surface area contributed by atoms with Crippen LogP contribution in [-0.4, -0.2) is 35.6 Å². The smallest absolute Gasteiger partial charge is 0.410 e. The molecule has 1 unspecified atom stereocenters. The summed E-state index contributed by atoms with van der Waals surface area (Å²) in [5.41, 5.74) is 5.61. The largest absolute Gasteiger partial charge is 0.445 e. The summed E-state index contributed by atoms with van der Waals surface area (Å²) in [4.78, 5) is 40.1. The summed E-state index contributed by atoms with van der Waals surface area (Å²) in [5.74, 6) is -0.554. The van der Waals surface area contributed by atoms with Gasteiger partial charge in [-0.25, -0.2) is 4.79 Å². The lowest BCUT2D eigenvalue weighted by Gasteiger charge is -2.30. The predicted octanol–water partition coefficient (Wildman–Crippen LogP) is 5.21. The van der Waals surface area contributed by atoms with E-state index >= 15 is 0 Å². The molecule has 1 heterocycles. The molecule has 2 aromatic rings. The molecule has 1 aliphatic carbocycles. The summed E-state index contributed by atoms with van der Waals surface area (Å²) in [6, 6.07) is 13.7. The van der Waals surface area contributed by atoms with Crippen LogP contribution in [0.25, 0.3) is 0 Å². The van der Waals surface area contributed by atoms with Gasteiger partial charge in [0.15, 0.2) is 11.6 Å². The van der Waals surface area contributed by atoms with Crippen LogP contribution in [0.5, 0.6) is 0 Å². The number of amides is 1. The van der Waals surface area contributed by atoms with Gasteiger partial charge in [-0.3, -0.25) is 9.59 Å². The van der Waals surface area contributed by atoms with E-state index in [4.69, 9.17) is 4.74 Å². The van der Waals surface area contributed by atoms with E-state index in [1.165, 1.54) is 0 Å². The number of allylic oxidation sites excluding steroid dienone is 2. The first-order chi connectivity index (χ1) is 15.8. The molecule has 0 aromatic heterocycles. The SMILES string of the molecule is Cc1cc(C)c(C2C(=O)C/C(=C\C3CCN(C(=O)OCc4ccccc4)CC3)C2=O)c(C)c1. The van der Waals surface area contributed by atoms with Crippen LogP contribution in [0, 0.1) is 26.7 Å². The number of likely N-dealkylation sites (tertiary alicyclic amines) is 1. The molecule has 1 atom stereocenters. The van der Waals surface area contributed by atoms with E-state index in [0.717, 1.165) is 40.7 Å². The second-order valence-corrected chi connectivity index (χ2v) is 9.31. The van der Waals surface area contributed by atoms with Crippen molar-refractivity contribution in [1.29, 1.82) is 0 Å². The molecule has 2 aliphatic rings. The van der Waals surface area contributed by atoms with Gasteiger partial charge < -0.3 is 9.64 Å². The number of rotatable bonds is 4. The lowest BCUT2D eigenvalue weighted by atomic mass is 9.86. The Morgan fingerprint density at radius 3 is 2.30 bits per heavy atom. The molecule has 0 radical (unpaired) electrons. The number of nitrogens with zero attached hydrogens (tertiary/aromatic N) is 1. The van der Waals surface area contributed by atoms with Crippen molar-refractivity contribution in [3.8, 4) is 0 Å². The van der Waals surface area contributed by atoms with Gasteiger partial charge in [0.1, 0.15) is 12.5 Å². The first-order valence-electron chi connectivity index (χ1n) is 11.6. The van der Waals surface area contributed by atoms with Gasteiger partial charge >= 0.3 is 6.09 Å². The molecule has 33 heavy (non-hydrogen) atoms. The summed E-state index contributed by atoms with van der Waals surface area (Å²) in [5, 5.41) is 0. The van der Waals surface area contributed by atoms with E-state index in [2.05, 4.69) is 0 Å². The van der Waals surface area contributed by atoms with Crippen molar-refractivity contribution >= 4 is 17.7 Å². The Bertz CT molecular complexity index is 1070. The fraction of sp³-hybridized carbons (Fsp3) is 0.393. The zero-order chi connectivity index (χ0) is 23.5. The summed E-state index contributed by atoms with van der Waals surface area (Å²) >= 11 is 0. The number of hydrogen-bond donors (Lipinski definition) is 0. The molecular formula is C28H31NO4. The maximum Gasteiger partial charge on any atom is 0.410 e. The molecule has 0 bridgehead atoms. The monoisotopic (exact) mass is 445 g/mol. The van der Waals surface area contributed by atoms with Crippen LogP contribution in [0.3, 0.4) is 0 Å². The fourth-order valence-electron chi connectivity index (χ4n) is 5.13. The Hall–Kier alpha value is -3.21. The van der Waals surface area contributed by atoms with E-state index in [-0.39, 0.29) is 36.6 Å². The molecule has 1 saturated carbocycles. The molecule has 1 saturated heterocycles. The molecule has 0 N–H and O–H groups in total. The normalized spacial score (nSPS) is 20.5. The number of hydrogen-bond acceptors (Lipinski definition) is 4. The Balaban J connectivity index is 1.36. The lowest BCUT2D eigenvalue weighted by Crippen LogP contribution is -2.38. The second-order valence-electron chi connectivity index (χ2n) is 9.31. The van der Waals surface area contributed by atoms with Gasteiger partial charge in [0, 0.05) is 19.5 Å². The highest BCUT2D eigenvalue weighted by molar-refractivity contribution is 6.23. The van der Waals surface area contributed by atoms with Crippen LogP contribution in [0.1, 0.15) is 53.0 Å². The van der Waals surface area contributed by atoms with E-state index in [1.807, 2.05) is 69.3 Å². The molecule has 2 aromatic carbocycles. The first-order valence-corrected chi connectivity index (χ1v) is 11.6. The van der Waals surface area contributed by atoms with Crippen molar-refractivity contribution in [2.24, 2.45) is 5.92 Å². The van der Waals surface area contributed by atoms with Gasteiger partial charge in [-0.05, 0) is 67.4 Å². The molecular weight excluding hydrogens is 414 g/mol. The Morgan fingerprint density at radius 1 is 1.03 bits per heavy atom. The van der Waals surface area contributed by atoms with Crippen molar-refractivity contribution in [2.75, 3.05) is 13.1 Å². The molecule has 2 fully saturated rings. The minimum atomic E-state index is -0.676. The topological polar surface area (TPSA) is 63.7 Å². The molecule has 4 rings (SSSR count). The summed E-state index contributed by atoms with van der Waals surface area (Å²) in [7, 11) is 0. The van der Waals surface area contributed by atoms with Gasteiger partial charge in [0.2, 0.25) is 0 Å². The average Bonchev–Trinajstić information content (AvgIpc) is 3.06. The number of aryl methyl sites for hydroxylation is 3.